The largest absolute Gasteiger partial charge is 0.416 e. The van der Waals surface area contributed by atoms with Gasteiger partial charge in [0.15, 0.2) is 6.29 Å². The second-order valence-electron chi connectivity index (χ2n) is 4.38. The highest BCUT2D eigenvalue weighted by Crippen LogP contribution is 2.33. The van der Waals surface area contributed by atoms with Gasteiger partial charge in [-0.15, -0.1) is 0 Å². The van der Waals surface area contributed by atoms with Crippen LogP contribution in [0.5, 0.6) is 0 Å². The molecule has 0 heterocycles. The summed E-state index contributed by atoms with van der Waals surface area (Å²) in [7, 11) is 0. The molecule has 1 nitrogen and oxygen atoms in total. The average Bonchev–Trinajstić information content (AvgIpc) is 2.40. The summed E-state index contributed by atoms with van der Waals surface area (Å²) in [6, 6.07) is 7.06. The molecule has 2 aromatic carbocycles. The van der Waals surface area contributed by atoms with E-state index < -0.39 is 17.6 Å². The topological polar surface area (TPSA) is 17.1 Å². The quantitative estimate of drug-likeness (QED) is 0.579. The number of rotatable bonds is 2. The molecule has 0 spiro atoms. The van der Waals surface area contributed by atoms with Crippen LogP contribution in [0, 0.1) is 12.7 Å². The molecule has 0 aromatic heterocycles. The summed E-state index contributed by atoms with van der Waals surface area (Å²) in [6.07, 6.45) is -4.14. The Morgan fingerprint density at radius 2 is 1.75 bits per heavy atom. The van der Waals surface area contributed by atoms with Crippen molar-refractivity contribution < 1.29 is 22.4 Å². The summed E-state index contributed by atoms with van der Waals surface area (Å²) in [5.41, 5.74) is 0.239. The molecule has 0 radical (unpaired) electrons. The third kappa shape index (κ3) is 2.71. The summed E-state index contributed by atoms with van der Waals surface area (Å²) >= 11 is 0. The van der Waals surface area contributed by atoms with Gasteiger partial charge in [-0.05, 0) is 47.9 Å². The van der Waals surface area contributed by atoms with E-state index in [1.54, 1.807) is 6.92 Å². The van der Waals surface area contributed by atoms with Gasteiger partial charge >= 0.3 is 6.18 Å². The van der Waals surface area contributed by atoms with Crippen LogP contribution in [0.15, 0.2) is 36.4 Å². The first-order valence-electron chi connectivity index (χ1n) is 5.76. The molecule has 0 amide bonds. The fourth-order valence-electron chi connectivity index (χ4n) is 1.91. The van der Waals surface area contributed by atoms with E-state index in [-0.39, 0.29) is 5.56 Å². The Balaban J connectivity index is 2.57. The van der Waals surface area contributed by atoms with Gasteiger partial charge in [0.1, 0.15) is 5.82 Å². The zero-order valence-corrected chi connectivity index (χ0v) is 10.5. The highest BCUT2D eigenvalue weighted by molar-refractivity contribution is 5.88. The van der Waals surface area contributed by atoms with E-state index >= 15 is 0 Å². The fraction of sp³-hybridized carbons (Fsp3) is 0.133. The van der Waals surface area contributed by atoms with Crippen LogP contribution in [-0.4, -0.2) is 6.29 Å². The van der Waals surface area contributed by atoms with Crippen LogP contribution >= 0.6 is 0 Å². The fourth-order valence-corrected chi connectivity index (χ4v) is 1.91. The van der Waals surface area contributed by atoms with Gasteiger partial charge in [-0.2, -0.15) is 13.2 Å². The summed E-state index contributed by atoms with van der Waals surface area (Å²) < 4.78 is 51.0. The number of aryl methyl sites for hydroxylation is 1. The van der Waals surface area contributed by atoms with Gasteiger partial charge in [-0.25, -0.2) is 4.39 Å². The lowest BCUT2D eigenvalue weighted by atomic mass is 9.97. The molecule has 104 valence electrons. The Labute approximate surface area is 112 Å². The van der Waals surface area contributed by atoms with Gasteiger partial charge < -0.3 is 0 Å². The van der Waals surface area contributed by atoms with E-state index in [1.165, 1.54) is 24.3 Å². The lowest BCUT2D eigenvalue weighted by molar-refractivity contribution is -0.137. The predicted octanol–water partition coefficient (Wildman–Crippen LogP) is 4.63. The number of benzene rings is 2. The Morgan fingerprint density at radius 3 is 2.30 bits per heavy atom. The molecule has 2 aromatic rings. The molecule has 0 unspecified atom stereocenters. The molecule has 0 aliphatic carbocycles. The van der Waals surface area contributed by atoms with Crippen molar-refractivity contribution in [1.29, 1.82) is 0 Å². The lowest BCUT2D eigenvalue weighted by Gasteiger charge is -2.11. The molecule has 0 bridgehead atoms. The summed E-state index contributed by atoms with van der Waals surface area (Å²) in [6.45, 7) is 1.55. The lowest BCUT2D eigenvalue weighted by Crippen LogP contribution is -2.06. The zero-order valence-electron chi connectivity index (χ0n) is 10.5. The molecule has 20 heavy (non-hydrogen) atoms. The van der Waals surface area contributed by atoms with Crippen molar-refractivity contribution in [2.24, 2.45) is 0 Å². The average molecular weight is 282 g/mol. The van der Waals surface area contributed by atoms with Crippen molar-refractivity contribution in [3.8, 4) is 11.1 Å². The van der Waals surface area contributed by atoms with E-state index in [1.807, 2.05) is 0 Å². The number of alkyl halides is 3. The molecule has 0 saturated heterocycles. The highest BCUT2D eigenvalue weighted by Gasteiger charge is 2.31. The highest BCUT2D eigenvalue weighted by atomic mass is 19.4. The van der Waals surface area contributed by atoms with Crippen molar-refractivity contribution >= 4 is 6.29 Å². The molecule has 0 fully saturated rings. The predicted molar refractivity (Wildman–Crippen MR) is 67.0 cm³/mol. The van der Waals surface area contributed by atoms with Gasteiger partial charge in [0.2, 0.25) is 0 Å². The van der Waals surface area contributed by atoms with Crippen LogP contribution in [0.4, 0.5) is 17.6 Å². The molecule has 0 atom stereocenters. The van der Waals surface area contributed by atoms with Crippen molar-refractivity contribution in [3.63, 3.8) is 0 Å². The standard InChI is InChI=1S/C15H10F4O/c1-9-6-10(2-5-14(9)16)13-4-3-12(15(17,18)19)7-11(13)8-20/h2-8H,1H3. The van der Waals surface area contributed by atoms with Crippen molar-refractivity contribution in [1.82, 2.24) is 0 Å². The smallest absolute Gasteiger partial charge is 0.298 e. The van der Waals surface area contributed by atoms with Gasteiger partial charge in [0.25, 0.3) is 0 Å². The molecule has 5 heteroatoms. The van der Waals surface area contributed by atoms with E-state index in [2.05, 4.69) is 0 Å². The molecule has 0 N–H and O–H groups in total. The minimum Gasteiger partial charge on any atom is -0.298 e. The third-order valence-electron chi connectivity index (χ3n) is 2.97. The number of hydrogen-bond donors (Lipinski definition) is 0. The number of hydrogen-bond acceptors (Lipinski definition) is 1. The summed E-state index contributed by atoms with van der Waals surface area (Å²) in [5, 5.41) is 0. The molecular formula is C15H10F4O. The SMILES string of the molecule is Cc1cc(-c2ccc(C(F)(F)F)cc2C=O)ccc1F. The van der Waals surface area contributed by atoms with Crippen molar-refractivity contribution in [3.05, 3.63) is 58.9 Å². The third-order valence-corrected chi connectivity index (χ3v) is 2.97. The minimum atomic E-state index is -4.50. The van der Waals surface area contributed by atoms with Crippen LogP contribution in [0.3, 0.4) is 0 Å². The maximum absolute atomic E-state index is 13.2. The number of carbonyl (C=O) groups excluding carboxylic acids is 1. The number of carbonyl (C=O) groups is 1. The van der Waals surface area contributed by atoms with E-state index in [0.29, 0.717) is 23.0 Å². The number of halogens is 4. The van der Waals surface area contributed by atoms with E-state index in [0.717, 1.165) is 12.1 Å². The van der Waals surface area contributed by atoms with Crippen molar-refractivity contribution in [2.75, 3.05) is 0 Å². The van der Waals surface area contributed by atoms with Gasteiger partial charge in [0.05, 0.1) is 5.56 Å². The van der Waals surface area contributed by atoms with E-state index in [9.17, 15) is 22.4 Å². The summed E-state index contributed by atoms with van der Waals surface area (Å²) in [4.78, 5) is 11.0. The van der Waals surface area contributed by atoms with Crippen LogP contribution in [0.25, 0.3) is 11.1 Å². The first kappa shape index (κ1) is 14.2. The Morgan fingerprint density at radius 1 is 1.05 bits per heavy atom. The second-order valence-corrected chi connectivity index (χ2v) is 4.38. The molecule has 0 aliphatic rings. The summed E-state index contributed by atoms with van der Waals surface area (Å²) in [5.74, 6) is -0.409. The van der Waals surface area contributed by atoms with Crippen LogP contribution in [0.1, 0.15) is 21.5 Å². The normalized spacial score (nSPS) is 11.4. The Hall–Kier alpha value is -2.17. The molecular weight excluding hydrogens is 272 g/mol. The maximum atomic E-state index is 13.2. The minimum absolute atomic E-state index is 0.0779. The van der Waals surface area contributed by atoms with Crippen LogP contribution in [-0.2, 0) is 6.18 Å². The Bertz CT molecular complexity index is 659. The van der Waals surface area contributed by atoms with E-state index in [4.69, 9.17) is 0 Å². The van der Waals surface area contributed by atoms with Crippen LogP contribution in [0.2, 0.25) is 0 Å². The zero-order chi connectivity index (χ0) is 14.9. The molecule has 0 saturated carbocycles. The van der Waals surface area contributed by atoms with Gasteiger partial charge in [0, 0.05) is 5.56 Å². The monoisotopic (exact) mass is 282 g/mol. The number of aldehydes is 1. The van der Waals surface area contributed by atoms with Gasteiger partial charge in [-0.1, -0.05) is 12.1 Å². The Kier molecular flexibility index (Phi) is 3.61. The van der Waals surface area contributed by atoms with Crippen molar-refractivity contribution in [2.45, 2.75) is 13.1 Å². The maximum Gasteiger partial charge on any atom is 0.416 e. The second kappa shape index (κ2) is 5.07. The van der Waals surface area contributed by atoms with Gasteiger partial charge in [-0.3, -0.25) is 4.79 Å². The first-order chi connectivity index (χ1) is 9.32. The molecule has 2 rings (SSSR count). The first-order valence-corrected chi connectivity index (χ1v) is 5.76. The van der Waals surface area contributed by atoms with Crippen LogP contribution < -0.4 is 0 Å². The molecule has 0 aliphatic heterocycles.